The normalized spacial score (nSPS) is 18.8. The Hall–Kier alpha value is -1.84. The van der Waals surface area contributed by atoms with Crippen molar-refractivity contribution in [1.29, 1.82) is 5.41 Å². The van der Waals surface area contributed by atoms with Crippen molar-refractivity contribution in [3.63, 3.8) is 0 Å². The van der Waals surface area contributed by atoms with E-state index in [2.05, 4.69) is 31.3 Å². The van der Waals surface area contributed by atoms with Gasteiger partial charge in [0.05, 0.1) is 0 Å². The zero-order valence-electron chi connectivity index (χ0n) is 12.4. The van der Waals surface area contributed by atoms with E-state index >= 15 is 0 Å². The summed E-state index contributed by atoms with van der Waals surface area (Å²) < 4.78 is 0. The highest BCUT2D eigenvalue weighted by Crippen LogP contribution is 2.26. The summed E-state index contributed by atoms with van der Waals surface area (Å²) in [7, 11) is 0. The SMILES string of the molecule is CCCN1C(=O)NC(=N)C1c1ccc(CC(C)C)cc1. The number of carbonyl (C=O) groups is 1. The topological polar surface area (TPSA) is 56.2 Å². The fourth-order valence-electron chi connectivity index (χ4n) is 2.65. The van der Waals surface area contributed by atoms with E-state index in [0.29, 0.717) is 12.5 Å². The van der Waals surface area contributed by atoms with Gasteiger partial charge in [-0.3, -0.25) is 10.7 Å². The lowest BCUT2D eigenvalue weighted by molar-refractivity contribution is 0.206. The fourth-order valence-corrected chi connectivity index (χ4v) is 2.65. The summed E-state index contributed by atoms with van der Waals surface area (Å²) in [4.78, 5) is 13.6. The standard InChI is InChI=1S/C16H23N3O/c1-4-9-19-14(15(17)18-16(19)20)13-7-5-12(6-8-13)10-11(2)3/h5-8,11,14H,4,9-10H2,1-3H3,(H2,17,18,20). The quantitative estimate of drug-likeness (QED) is 0.849. The van der Waals surface area contributed by atoms with E-state index in [1.54, 1.807) is 4.90 Å². The number of nitrogens with one attached hydrogen (secondary N) is 2. The Balaban J connectivity index is 2.20. The van der Waals surface area contributed by atoms with E-state index in [1.165, 1.54) is 5.56 Å². The average Bonchev–Trinajstić information content (AvgIpc) is 2.65. The second-order valence-electron chi connectivity index (χ2n) is 5.78. The first-order chi connectivity index (χ1) is 9.52. The Labute approximate surface area is 120 Å². The Bertz CT molecular complexity index is 493. The van der Waals surface area contributed by atoms with Crippen LogP contribution in [0.4, 0.5) is 4.79 Å². The average molecular weight is 273 g/mol. The molecule has 1 unspecified atom stereocenters. The van der Waals surface area contributed by atoms with Crippen molar-refractivity contribution in [1.82, 2.24) is 10.2 Å². The van der Waals surface area contributed by atoms with Crippen LogP contribution in [0.15, 0.2) is 24.3 Å². The number of carbonyl (C=O) groups excluding carboxylic acids is 1. The van der Waals surface area contributed by atoms with E-state index in [0.717, 1.165) is 18.4 Å². The zero-order chi connectivity index (χ0) is 14.7. The van der Waals surface area contributed by atoms with Crippen LogP contribution < -0.4 is 5.32 Å². The Morgan fingerprint density at radius 3 is 2.50 bits per heavy atom. The zero-order valence-corrected chi connectivity index (χ0v) is 12.4. The van der Waals surface area contributed by atoms with Crippen molar-refractivity contribution in [2.24, 2.45) is 5.92 Å². The van der Waals surface area contributed by atoms with Crippen LogP contribution >= 0.6 is 0 Å². The maximum atomic E-state index is 11.8. The largest absolute Gasteiger partial charge is 0.323 e. The second-order valence-corrected chi connectivity index (χ2v) is 5.78. The predicted octanol–water partition coefficient (Wildman–Crippen LogP) is 3.34. The third-order valence-corrected chi connectivity index (χ3v) is 3.49. The monoisotopic (exact) mass is 273 g/mol. The molecular formula is C16H23N3O. The van der Waals surface area contributed by atoms with Crippen LogP contribution in [-0.2, 0) is 6.42 Å². The minimum absolute atomic E-state index is 0.159. The van der Waals surface area contributed by atoms with Crippen molar-refractivity contribution in [2.45, 2.75) is 39.7 Å². The molecule has 0 radical (unpaired) electrons. The molecule has 2 rings (SSSR count). The summed E-state index contributed by atoms with van der Waals surface area (Å²) in [6, 6.07) is 7.88. The first-order valence-corrected chi connectivity index (χ1v) is 7.27. The molecule has 20 heavy (non-hydrogen) atoms. The highest BCUT2D eigenvalue weighted by molar-refractivity contribution is 6.05. The van der Waals surface area contributed by atoms with Gasteiger partial charge in [0.15, 0.2) is 0 Å². The van der Waals surface area contributed by atoms with Crippen molar-refractivity contribution in [2.75, 3.05) is 6.54 Å². The van der Waals surface area contributed by atoms with E-state index in [-0.39, 0.29) is 17.9 Å². The molecule has 4 nitrogen and oxygen atoms in total. The summed E-state index contributed by atoms with van der Waals surface area (Å²) in [6.07, 6.45) is 1.95. The van der Waals surface area contributed by atoms with Crippen LogP contribution in [0.25, 0.3) is 0 Å². The molecule has 0 spiro atoms. The summed E-state index contributed by atoms with van der Waals surface area (Å²) >= 11 is 0. The number of hydrogen-bond donors (Lipinski definition) is 2. The van der Waals surface area contributed by atoms with Crippen molar-refractivity contribution in [3.05, 3.63) is 35.4 Å². The van der Waals surface area contributed by atoms with Gasteiger partial charge in [0.2, 0.25) is 0 Å². The maximum Gasteiger partial charge on any atom is 0.323 e. The third-order valence-electron chi connectivity index (χ3n) is 3.49. The van der Waals surface area contributed by atoms with E-state index < -0.39 is 0 Å². The van der Waals surface area contributed by atoms with Gasteiger partial charge in [-0.25, -0.2) is 4.79 Å². The molecule has 1 aromatic rings. The van der Waals surface area contributed by atoms with Crippen LogP contribution in [-0.4, -0.2) is 23.3 Å². The number of benzene rings is 1. The van der Waals surface area contributed by atoms with Gasteiger partial charge in [-0.15, -0.1) is 0 Å². The van der Waals surface area contributed by atoms with Crippen molar-refractivity contribution >= 4 is 11.9 Å². The molecule has 1 saturated heterocycles. The van der Waals surface area contributed by atoms with Gasteiger partial charge < -0.3 is 4.90 Å². The van der Waals surface area contributed by atoms with E-state index in [9.17, 15) is 4.79 Å². The van der Waals surface area contributed by atoms with Gasteiger partial charge >= 0.3 is 6.03 Å². The van der Waals surface area contributed by atoms with Crippen LogP contribution in [0.1, 0.15) is 44.4 Å². The summed E-state index contributed by atoms with van der Waals surface area (Å²) in [6.45, 7) is 7.11. The van der Waals surface area contributed by atoms with Crippen LogP contribution in [0.5, 0.6) is 0 Å². The third kappa shape index (κ3) is 3.00. The molecule has 108 valence electrons. The van der Waals surface area contributed by atoms with E-state index in [1.807, 2.05) is 19.1 Å². The molecule has 0 saturated carbocycles. The van der Waals surface area contributed by atoms with Crippen LogP contribution in [0, 0.1) is 11.3 Å². The first kappa shape index (κ1) is 14.6. The molecule has 1 heterocycles. The maximum absolute atomic E-state index is 11.8. The highest BCUT2D eigenvalue weighted by Gasteiger charge is 2.35. The highest BCUT2D eigenvalue weighted by atomic mass is 16.2. The molecule has 4 heteroatoms. The molecule has 1 atom stereocenters. The van der Waals surface area contributed by atoms with Gasteiger partial charge in [-0.1, -0.05) is 45.0 Å². The van der Waals surface area contributed by atoms with Crippen molar-refractivity contribution in [3.8, 4) is 0 Å². The summed E-state index contributed by atoms with van der Waals surface area (Å²) in [5.74, 6) is 0.908. The smallest absolute Gasteiger partial charge is 0.310 e. The van der Waals surface area contributed by atoms with Gasteiger partial charge in [0.1, 0.15) is 11.9 Å². The van der Waals surface area contributed by atoms with Gasteiger partial charge in [0.25, 0.3) is 0 Å². The van der Waals surface area contributed by atoms with Gasteiger partial charge in [0, 0.05) is 6.54 Å². The summed E-state index contributed by atoms with van der Waals surface area (Å²) in [5.41, 5.74) is 2.31. The number of urea groups is 1. The minimum Gasteiger partial charge on any atom is -0.310 e. The number of hydrogen-bond acceptors (Lipinski definition) is 2. The lowest BCUT2D eigenvalue weighted by atomic mass is 9.99. The number of amidine groups is 1. The van der Waals surface area contributed by atoms with Gasteiger partial charge in [-0.05, 0) is 29.9 Å². The fraction of sp³-hybridized carbons (Fsp3) is 0.500. The number of amides is 2. The first-order valence-electron chi connectivity index (χ1n) is 7.27. The second kappa shape index (κ2) is 6.07. The minimum atomic E-state index is -0.254. The number of nitrogens with zero attached hydrogens (tertiary/aromatic N) is 1. The van der Waals surface area contributed by atoms with Crippen LogP contribution in [0.3, 0.4) is 0 Å². The molecule has 2 amide bonds. The van der Waals surface area contributed by atoms with Crippen LogP contribution in [0.2, 0.25) is 0 Å². The number of rotatable bonds is 5. The Morgan fingerprint density at radius 1 is 1.30 bits per heavy atom. The lowest BCUT2D eigenvalue weighted by Crippen LogP contribution is -2.30. The molecule has 0 aliphatic carbocycles. The van der Waals surface area contributed by atoms with Crippen molar-refractivity contribution < 1.29 is 4.79 Å². The molecule has 1 aromatic carbocycles. The molecule has 0 aromatic heterocycles. The molecule has 2 N–H and O–H groups in total. The molecule has 1 fully saturated rings. The molecule has 1 aliphatic rings. The summed E-state index contributed by atoms with van der Waals surface area (Å²) in [5, 5.41) is 10.6. The Kier molecular flexibility index (Phi) is 4.42. The Morgan fingerprint density at radius 2 is 1.95 bits per heavy atom. The predicted molar refractivity (Wildman–Crippen MR) is 81.0 cm³/mol. The molecule has 1 aliphatic heterocycles. The lowest BCUT2D eigenvalue weighted by Gasteiger charge is -2.22. The molecular weight excluding hydrogens is 250 g/mol. The van der Waals surface area contributed by atoms with E-state index in [4.69, 9.17) is 5.41 Å². The molecule has 0 bridgehead atoms. The van der Waals surface area contributed by atoms with Gasteiger partial charge in [-0.2, -0.15) is 0 Å².